The molecule has 4 nitrogen and oxygen atoms in total. The maximum absolute atomic E-state index is 8.98. The second-order valence-electron chi connectivity index (χ2n) is 2.08. The van der Waals surface area contributed by atoms with Crippen LogP contribution in [-0.4, -0.2) is 20.4 Å². The Balaban J connectivity index is 3.21. The van der Waals surface area contributed by atoms with Gasteiger partial charge in [0.1, 0.15) is 11.5 Å². The Morgan fingerprint density at radius 2 is 1.45 bits per heavy atom. The van der Waals surface area contributed by atoms with E-state index in [2.05, 4.69) is 0 Å². The summed E-state index contributed by atoms with van der Waals surface area (Å²) in [6.45, 7) is 0. The molecule has 4 heteroatoms. The molecule has 0 atom stereocenters. The third-order valence-electron chi connectivity index (χ3n) is 1.32. The molecule has 1 rings (SSSR count). The summed E-state index contributed by atoms with van der Waals surface area (Å²) in [6.07, 6.45) is -1.85. The van der Waals surface area contributed by atoms with Gasteiger partial charge in [-0.15, -0.1) is 0 Å². The summed E-state index contributed by atoms with van der Waals surface area (Å²) in [5.74, 6) is -0.667. The first-order chi connectivity index (χ1) is 5.13. The standard InChI is InChI=1S/C7H8O4/c8-4-2-1-3-5(9)6(4)7(10)11/h1-3,7-11H. The van der Waals surface area contributed by atoms with Gasteiger partial charge in [0.15, 0.2) is 6.29 Å². The normalized spacial score (nSPS) is 10.5. The maximum atomic E-state index is 8.98. The first-order valence-electron chi connectivity index (χ1n) is 3.00. The van der Waals surface area contributed by atoms with E-state index < -0.39 is 6.29 Å². The van der Waals surface area contributed by atoms with Gasteiger partial charge in [-0.3, -0.25) is 0 Å². The van der Waals surface area contributed by atoms with Crippen molar-refractivity contribution in [3.63, 3.8) is 0 Å². The number of rotatable bonds is 1. The summed E-state index contributed by atoms with van der Waals surface area (Å²) in [7, 11) is 0. The molecule has 0 fully saturated rings. The molecule has 1 aromatic carbocycles. The molecule has 0 saturated heterocycles. The number of aromatic hydroxyl groups is 2. The molecule has 1 aromatic rings. The van der Waals surface area contributed by atoms with Gasteiger partial charge in [-0.05, 0) is 12.1 Å². The molecule has 4 N–H and O–H groups in total. The first kappa shape index (κ1) is 7.84. The number of phenolic OH excluding ortho intramolecular Hbond substituents is 2. The Bertz CT molecular complexity index is 236. The van der Waals surface area contributed by atoms with Gasteiger partial charge in [0.05, 0.1) is 5.56 Å². The Kier molecular flexibility index (Phi) is 1.98. The maximum Gasteiger partial charge on any atom is 0.185 e. The summed E-state index contributed by atoms with van der Waals surface area (Å²) in [5, 5.41) is 35.2. The molecular formula is C7H8O4. The van der Waals surface area contributed by atoms with Crippen molar-refractivity contribution in [2.45, 2.75) is 6.29 Å². The second kappa shape index (κ2) is 2.77. The van der Waals surface area contributed by atoms with Crippen LogP contribution in [0.3, 0.4) is 0 Å². The quantitative estimate of drug-likeness (QED) is 0.434. The minimum atomic E-state index is -1.85. The zero-order valence-corrected chi connectivity index (χ0v) is 5.60. The molecular weight excluding hydrogens is 148 g/mol. The Morgan fingerprint density at radius 3 is 1.73 bits per heavy atom. The van der Waals surface area contributed by atoms with Crippen molar-refractivity contribution in [2.75, 3.05) is 0 Å². The lowest BCUT2D eigenvalue weighted by Crippen LogP contribution is -1.95. The van der Waals surface area contributed by atoms with Gasteiger partial charge >= 0.3 is 0 Å². The van der Waals surface area contributed by atoms with Crippen molar-refractivity contribution >= 4 is 0 Å². The van der Waals surface area contributed by atoms with E-state index in [-0.39, 0.29) is 17.1 Å². The van der Waals surface area contributed by atoms with Crippen molar-refractivity contribution in [2.24, 2.45) is 0 Å². The number of hydrogen-bond donors (Lipinski definition) is 4. The number of hydrogen-bond acceptors (Lipinski definition) is 4. The van der Waals surface area contributed by atoms with Gasteiger partial charge in [-0.25, -0.2) is 0 Å². The molecule has 0 heterocycles. The SMILES string of the molecule is Oc1cccc(O)c1C(O)O. The van der Waals surface area contributed by atoms with Crippen LogP contribution in [0.2, 0.25) is 0 Å². The van der Waals surface area contributed by atoms with Crippen LogP contribution in [-0.2, 0) is 0 Å². The third-order valence-corrected chi connectivity index (χ3v) is 1.32. The number of aliphatic hydroxyl groups excluding tert-OH is 1. The number of benzene rings is 1. The predicted molar refractivity (Wildman–Crippen MR) is 37.0 cm³/mol. The molecule has 0 aliphatic heterocycles. The molecule has 0 aliphatic rings. The Labute approximate surface area is 63.0 Å². The second-order valence-corrected chi connectivity index (χ2v) is 2.08. The largest absolute Gasteiger partial charge is 0.507 e. The minimum absolute atomic E-state index is 0.271. The van der Waals surface area contributed by atoms with Gasteiger partial charge in [-0.1, -0.05) is 6.07 Å². The molecule has 0 bridgehead atoms. The lowest BCUT2D eigenvalue weighted by molar-refractivity contribution is -0.0452. The molecule has 11 heavy (non-hydrogen) atoms. The highest BCUT2D eigenvalue weighted by Gasteiger charge is 2.12. The monoisotopic (exact) mass is 156 g/mol. The van der Waals surface area contributed by atoms with Gasteiger partial charge < -0.3 is 20.4 Å². The Morgan fingerprint density at radius 1 is 1.00 bits per heavy atom. The zero-order chi connectivity index (χ0) is 8.43. The van der Waals surface area contributed by atoms with Crippen LogP contribution in [0.15, 0.2) is 18.2 Å². The van der Waals surface area contributed by atoms with Crippen LogP contribution in [0.4, 0.5) is 0 Å². The van der Waals surface area contributed by atoms with E-state index in [1.54, 1.807) is 0 Å². The van der Waals surface area contributed by atoms with Crippen LogP contribution in [0.5, 0.6) is 11.5 Å². The van der Waals surface area contributed by atoms with Crippen LogP contribution < -0.4 is 0 Å². The average Bonchev–Trinajstić information content (AvgIpc) is 1.85. The number of phenols is 2. The van der Waals surface area contributed by atoms with Gasteiger partial charge in [-0.2, -0.15) is 0 Å². The minimum Gasteiger partial charge on any atom is -0.507 e. The van der Waals surface area contributed by atoms with Crippen molar-refractivity contribution in [3.8, 4) is 11.5 Å². The topological polar surface area (TPSA) is 80.9 Å². The molecule has 0 unspecified atom stereocenters. The van der Waals surface area contributed by atoms with E-state index in [1.807, 2.05) is 0 Å². The average molecular weight is 156 g/mol. The summed E-state index contributed by atoms with van der Waals surface area (Å²) >= 11 is 0. The first-order valence-corrected chi connectivity index (χ1v) is 3.00. The van der Waals surface area contributed by atoms with Crippen LogP contribution in [0, 0.1) is 0 Å². The summed E-state index contributed by atoms with van der Waals surface area (Å²) in [4.78, 5) is 0. The summed E-state index contributed by atoms with van der Waals surface area (Å²) < 4.78 is 0. The van der Waals surface area contributed by atoms with Crippen molar-refractivity contribution in [1.29, 1.82) is 0 Å². The zero-order valence-electron chi connectivity index (χ0n) is 5.60. The molecule has 0 saturated carbocycles. The van der Waals surface area contributed by atoms with Crippen molar-refractivity contribution in [1.82, 2.24) is 0 Å². The van der Waals surface area contributed by atoms with E-state index in [1.165, 1.54) is 18.2 Å². The van der Waals surface area contributed by atoms with Gasteiger partial charge in [0.25, 0.3) is 0 Å². The lowest BCUT2D eigenvalue weighted by Gasteiger charge is -2.07. The third kappa shape index (κ3) is 1.42. The van der Waals surface area contributed by atoms with E-state index in [9.17, 15) is 0 Å². The van der Waals surface area contributed by atoms with Gasteiger partial charge in [0.2, 0.25) is 0 Å². The molecule has 0 aromatic heterocycles. The molecule has 0 spiro atoms. The molecule has 0 radical (unpaired) electrons. The highest BCUT2D eigenvalue weighted by atomic mass is 16.5. The lowest BCUT2D eigenvalue weighted by atomic mass is 10.2. The van der Waals surface area contributed by atoms with Crippen molar-refractivity contribution < 1.29 is 20.4 Å². The smallest absolute Gasteiger partial charge is 0.185 e. The fraction of sp³-hybridized carbons (Fsp3) is 0.143. The Hall–Kier alpha value is -1.26. The van der Waals surface area contributed by atoms with Crippen LogP contribution in [0.1, 0.15) is 11.9 Å². The fourth-order valence-electron chi connectivity index (χ4n) is 0.806. The molecule has 60 valence electrons. The highest BCUT2D eigenvalue weighted by molar-refractivity contribution is 5.43. The van der Waals surface area contributed by atoms with Crippen LogP contribution >= 0.6 is 0 Å². The van der Waals surface area contributed by atoms with E-state index in [4.69, 9.17) is 20.4 Å². The van der Waals surface area contributed by atoms with E-state index >= 15 is 0 Å². The van der Waals surface area contributed by atoms with Crippen molar-refractivity contribution in [3.05, 3.63) is 23.8 Å². The van der Waals surface area contributed by atoms with E-state index in [0.29, 0.717) is 0 Å². The summed E-state index contributed by atoms with van der Waals surface area (Å²) in [6, 6.07) is 3.92. The highest BCUT2D eigenvalue weighted by Crippen LogP contribution is 2.30. The predicted octanol–water partition coefficient (Wildman–Crippen LogP) is 0.0810. The fourth-order valence-corrected chi connectivity index (χ4v) is 0.806. The van der Waals surface area contributed by atoms with E-state index in [0.717, 1.165) is 0 Å². The van der Waals surface area contributed by atoms with Gasteiger partial charge in [0, 0.05) is 0 Å². The van der Waals surface area contributed by atoms with Crippen LogP contribution in [0.25, 0.3) is 0 Å². The molecule has 0 aliphatic carbocycles. The summed E-state index contributed by atoms with van der Waals surface area (Å²) in [5.41, 5.74) is -0.271. The number of aliphatic hydroxyl groups is 2. The molecule has 0 amide bonds.